The van der Waals surface area contributed by atoms with Gasteiger partial charge >= 0.3 is 0 Å². The third kappa shape index (κ3) is 4.49. The Morgan fingerprint density at radius 2 is 1.04 bits per heavy atom. The van der Waals surface area contributed by atoms with Crippen molar-refractivity contribution in [2.75, 3.05) is 28.2 Å². The van der Waals surface area contributed by atoms with E-state index in [1.54, 1.807) is 0 Å². The van der Waals surface area contributed by atoms with Gasteiger partial charge in [-0.3, -0.25) is 0 Å². The van der Waals surface area contributed by atoms with Gasteiger partial charge in [0.15, 0.2) is 0 Å². The van der Waals surface area contributed by atoms with Crippen LogP contribution in [0.25, 0.3) is 0 Å². The number of rotatable bonds is 7. The maximum absolute atomic E-state index is 7.81. The Hall–Kier alpha value is -0.916. The minimum absolute atomic E-state index is 0.929. The van der Waals surface area contributed by atoms with E-state index in [1.807, 2.05) is 0 Å². The van der Waals surface area contributed by atoms with E-state index in [0.717, 1.165) is 13.1 Å². The SMILES string of the molecule is CN(C)Cc1ccccc1[Si](Cl)(c1ccccc1CN(C)C)[Si](C)(C)C. The molecular formula is C21H33ClN2Si2. The van der Waals surface area contributed by atoms with Gasteiger partial charge in [0.2, 0.25) is 6.90 Å². The highest BCUT2D eigenvalue weighted by Crippen LogP contribution is 2.26. The fraction of sp³-hybridized carbons (Fsp3) is 0.429. The highest BCUT2D eigenvalue weighted by Gasteiger charge is 2.49. The summed E-state index contributed by atoms with van der Waals surface area (Å²) in [5.74, 6) is 0. The quantitative estimate of drug-likeness (QED) is 0.514. The van der Waals surface area contributed by atoms with E-state index in [9.17, 15) is 0 Å². The second-order valence-electron chi connectivity index (χ2n) is 8.70. The smallest absolute Gasteiger partial charge is 0.205 e. The molecule has 2 aromatic rings. The van der Waals surface area contributed by atoms with Crippen LogP contribution in [0.1, 0.15) is 11.1 Å². The molecule has 0 N–H and O–H groups in total. The highest BCUT2D eigenvalue weighted by atomic mass is 35.6. The summed E-state index contributed by atoms with van der Waals surface area (Å²) < 4.78 is 0. The van der Waals surface area contributed by atoms with Crippen LogP contribution in [0, 0.1) is 0 Å². The molecule has 0 aliphatic rings. The third-order valence-electron chi connectivity index (χ3n) is 4.78. The first-order chi connectivity index (χ1) is 12.1. The van der Waals surface area contributed by atoms with Crippen molar-refractivity contribution in [3.8, 4) is 0 Å². The molecule has 0 saturated heterocycles. The van der Waals surface area contributed by atoms with Crippen molar-refractivity contribution in [1.29, 1.82) is 0 Å². The number of nitrogens with zero attached hydrogens (tertiary/aromatic N) is 2. The van der Waals surface area contributed by atoms with Gasteiger partial charge in [0.1, 0.15) is 0 Å². The van der Waals surface area contributed by atoms with Crippen LogP contribution >= 0.6 is 11.1 Å². The van der Waals surface area contributed by atoms with E-state index in [2.05, 4.69) is 106 Å². The van der Waals surface area contributed by atoms with Crippen molar-refractivity contribution < 1.29 is 0 Å². The Kier molecular flexibility index (Phi) is 6.91. The van der Waals surface area contributed by atoms with Crippen molar-refractivity contribution in [3.05, 3.63) is 59.7 Å². The molecule has 2 aromatic carbocycles. The Morgan fingerprint density at radius 3 is 1.35 bits per heavy atom. The first kappa shape index (κ1) is 21.4. The van der Waals surface area contributed by atoms with Crippen LogP contribution in [0.4, 0.5) is 0 Å². The Morgan fingerprint density at radius 1 is 0.692 bits per heavy atom. The van der Waals surface area contributed by atoms with Gasteiger partial charge in [-0.25, -0.2) is 0 Å². The molecular weight excluding hydrogens is 372 g/mol. The van der Waals surface area contributed by atoms with Gasteiger partial charge in [0, 0.05) is 13.1 Å². The standard InChI is InChI=1S/C21H33ClN2Si2/c1-23(2)16-18-12-8-10-14-20(18)26(22,25(5,6)7)21-15-11-9-13-19(21)17-24(3)4/h8-15H,16-17H2,1-7H3. The molecule has 0 aromatic heterocycles. The Bertz CT molecular complexity index is 685. The largest absolute Gasteiger partial charge is 0.305 e. The van der Waals surface area contributed by atoms with E-state index in [1.165, 1.54) is 21.5 Å². The maximum atomic E-state index is 7.81. The monoisotopic (exact) mass is 404 g/mol. The summed E-state index contributed by atoms with van der Waals surface area (Å²) in [7, 11) is 6.82. The Balaban J connectivity index is 2.74. The minimum atomic E-state index is -2.37. The third-order valence-corrected chi connectivity index (χ3v) is 23.5. The fourth-order valence-corrected chi connectivity index (χ4v) is 14.8. The van der Waals surface area contributed by atoms with Crippen LogP contribution in [0.2, 0.25) is 19.6 Å². The summed E-state index contributed by atoms with van der Waals surface area (Å²) in [5.41, 5.74) is 2.75. The van der Waals surface area contributed by atoms with Crippen LogP contribution in [0.5, 0.6) is 0 Å². The second-order valence-corrected chi connectivity index (χ2v) is 25.0. The molecule has 0 unspecified atom stereocenters. The summed E-state index contributed by atoms with van der Waals surface area (Å²) in [6.45, 7) is 6.80. The van der Waals surface area contributed by atoms with Crippen LogP contribution in [0.3, 0.4) is 0 Å². The van der Waals surface area contributed by atoms with Gasteiger partial charge in [-0.2, -0.15) is 11.1 Å². The van der Waals surface area contributed by atoms with Gasteiger partial charge in [-0.05, 0) is 49.7 Å². The molecule has 0 heterocycles. The molecule has 0 bridgehead atoms. The minimum Gasteiger partial charge on any atom is -0.305 e. The summed E-state index contributed by atoms with van der Waals surface area (Å²) in [6.07, 6.45) is 0. The van der Waals surface area contributed by atoms with E-state index >= 15 is 0 Å². The van der Waals surface area contributed by atoms with Gasteiger partial charge in [-0.15, -0.1) is 0 Å². The maximum Gasteiger partial charge on any atom is 0.205 e. The molecule has 26 heavy (non-hydrogen) atoms. The molecule has 142 valence electrons. The molecule has 0 amide bonds. The lowest BCUT2D eigenvalue weighted by Gasteiger charge is -2.40. The summed E-state index contributed by atoms with van der Waals surface area (Å²) in [6, 6.07) is 17.7. The number of hydrogen-bond donors (Lipinski definition) is 0. The molecule has 0 aliphatic carbocycles. The summed E-state index contributed by atoms with van der Waals surface area (Å²) in [5, 5.41) is 2.81. The van der Waals surface area contributed by atoms with E-state index in [-0.39, 0.29) is 0 Å². The topological polar surface area (TPSA) is 6.48 Å². The average molecular weight is 405 g/mol. The molecule has 2 rings (SSSR count). The van der Waals surface area contributed by atoms with Crippen molar-refractivity contribution >= 4 is 35.9 Å². The highest BCUT2D eigenvalue weighted by molar-refractivity contribution is 7.67. The van der Waals surface area contributed by atoms with Crippen molar-refractivity contribution in [3.63, 3.8) is 0 Å². The molecule has 0 saturated carbocycles. The summed E-state index contributed by atoms with van der Waals surface area (Å²) in [4.78, 5) is 4.47. The second kappa shape index (κ2) is 8.40. The molecule has 2 nitrogen and oxygen atoms in total. The van der Waals surface area contributed by atoms with Crippen molar-refractivity contribution in [2.45, 2.75) is 32.7 Å². The lowest BCUT2D eigenvalue weighted by Crippen LogP contribution is -2.71. The van der Waals surface area contributed by atoms with E-state index in [4.69, 9.17) is 11.1 Å². The number of benzene rings is 2. The van der Waals surface area contributed by atoms with Crippen LogP contribution < -0.4 is 10.4 Å². The summed E-state index contributed by atoms with van der Waals surface area (Å²) >= 11 is 7.81. The zero-order chi connectivity index (χ0) is 19.5. The predicted molar refractivity (Wildman–Crippen MR) is 122 cm³/mol. The molecule has 5 heteroatoms. The zero-order valence-electron chi connectivity index (χ0n) is 17.3. The number of hydrogen-bond acceptors (Lipinski definition) is 2. The first-order valence-electron chi connectivity index (χ1n) is 9.22. The van der Waals surface area contributed by atoms with Gasteiger partial charge in [0.25, 0.3) is 0 Å². The molecule has 0 atom stereocenters. The molecule has 0 aliphatic heterocycles. The fourth-order valence-electron chi connectivity index (χ4n) is 3.62. The van der Waals surface area contributed by atoms with Crippen LogP contribution in [0.15, 0.2) is 48.5 Å². The molecule has 0 spiro atoms. The van der Waals surface area contributed by atoms with Crippen LogP contribution in [-0.2, 0) is 13.1 Å². The average Bonchev–Trinajstić information content (AvgIpc) is 2.53. The normalized spacial score (nSPS) is 12.8. The van der Waals surface area contributed by atoms with Gasteiger partial charge < -0.3 is 9.80 Å². The van der Waals surface area contributed by atoms with Crippen LogP contribution in [-0.4, -0.2) is 52.5 Å². The lowest BCUT2D eigenvalue weighted by molar-refractivity contribution is 0.403. The first-order valence-corrected chi connectivity index (χ1v) is 16.7. The van der Waals surface area contributed by atoms with Gasteiger partial charge in [-0.1, -0.05) is 68.2 Å². The lowest BCUT2D eigenvalue weighted by atomic mass is 10.2. The van der Waals surface area contributed by atoms with Crippen molar-refractivity contribution in [2.24, 2.45) is 0 Å². The zero-order valence-corrected chi connectivity index (χ0v) is 20.1. The molecule has 0 radical (unpaired) electrons. The molecule has 0 fully saturated rings. The Labute approximate surface area is 166 Å². The predicted octanol–water partition coefficient (Wildman–Crippen LogP) is 3.52. The van der Waals surface area contributed by atoms with E-state index in [0.29, 0.717) is 0 Å². The van der Waals surface area contributed by atoms with E-state index < -0.39 is 14.5 Å². The van der Waals surface area contributed by atoms with Crippen molar-refractivity contribution in [1.82, 2.24) is 9.80 Å². The van der Waals surface area contributed by atoms with Gasteiger partial charge in [0.05, 0.1) is 7.59 Å². The number of halogens is 1.